The summed E-state index contributed by atoms with van der Waals surface area (Å²) in [5.41, 5.74) is 1.37. The molecule has 1 aromatic carbocycles. The Morgan fingerprint density at radius 3 is 2.89 bits per heavy atom. The molecule has 0 aromatic heterocycles. The molecule has 1 aliphatic heterocycles. The third-order valence-corrected chi connectivity index (χ3v) is 3.91. The van der Waals surface area contributed by atoms with E-state index in [1.54, 1.807) is 6.07 Å². The topological polar surface area (TPSA) is 30.3 Å². The van der Waals surface area contributed by atoms with Gasteiger partial charge in [-0.1, -0.05) is 6.92 Å². The average Bonchev–Trinajstić information content (AvgIpc) is 2.41. The van der Waals surface area contributed by atoms with Crippen molar-refractivity contribution in [2.75, 3.05) is 26.7 Å². The number of hydrogen-bond donors (Lipinski definition) is 0. The van der Waals surface area contributed by atoms with Gasteiger partial charge in [0.2, 0.25) is 0 Å². The molecule has 0 amide bonds. The summed E-state index contributed by atoms with van der Waals surface area (Å²) in [5, 5.41) is 9.08. The van der Waals surface area contributed by atoms with Crippen molar-refractivity contribution in [3.63, 3.8) is 0 Å². The first kappa shape index (κ1) is 14.0. The molecule has 1 aliphatic rings. The van der Waals surface area contributed by atoms with Gasteiger partial charge in [-0.2, -0.15) is 5.26 Å². The Balaban J connectivity index is 2.09. The molecule has 4 heteroatoms. The smallest absolute Gasteiger partial charge is 0.123 e. The highest BCUT2D eigenvalue weighted by Crippen LogP contribution is 2.17. The fourth-order valence-corrected chi connectivity index (χ4v) is 2.64. The first-order valence-corrected chi connectivity index (χ1v) is 6.75. The van der Waals surface area contributed by atoms with Crippen molar-refractivity contribution in [2.24, 2.45) is 0 Å². The van der Waals surface area contributed by atoms with Gasteiger partial charge in [0.1, 0.15) is 5.82 Å². The molecule has 3 nitrogen and oxygen atoms in total. The molecular formula is C15H20FN3. The predicted octanol–water partition coefficient (Wildman–Crippen LogP) is 2.22. The van der Waals surface area contributed by atoms with Crippen molar-refractivity contribution in [3.05, 3.63) is 35.1 Å². The monoisotopic (exact) mass is 261 g/mol. The molecule has 1 aromatic rings. The van der Waals surface area contributed by atoms with Gasteiger partial charge in [0.15, 0.2) is 0 Å². The minimum Gasteiger partial charge on any atom is -0.301 e. The fraction of sp³-hybridized carbons (Fsp3) is 0.533. The zero-order valence-corrected chi connectivity index (χ0v) is 11.6. The summed E-state index contributed by atoms with van der Waals surface area (Å²) in [6.45, 7) is 5.82. The predicted molar refractivity (Wildman–Crippen MR) is 73.1 cm³/mol. The lowest BCUT2D eigenvalue weighted by Crippen LogP contribution is -2.50. The highest BCUT2D eigenvalue weighted by atomic mass is 19.1. The highest BCUT2D eigenvalue weighted by Gasteiger charge is 2.23. The van der Waals surface area contributed by atoms with E-state index in [2.05, 4.69) is 29.8 Å². The molecule has 1 atom stereocenters. The lowest BCUT2D eigenvalue weighted by molar-refractivity contribution is 0.0882. The van der Waals surface area contributed by atoms with Gasteiger partial charge in [-0.3, -0.25) is 4.90 Å². The van der Waals surface area contributed by atoms with Gasteiger partial charge in [0.25, 0.3) is 0 Å². The van der Waals surface area contributed by atoms with E-state index in [9.17, 15) is 4.39 Å². The maximum absolute atomic E-state index is 13.3. The summed E-state index contributed by atoms with van der Waals surface area (Å²) < 4.78 is 13.3. The van der Waals surface area contributed by atoms with E-state index in [4.69, 9.17) is 5.26 Å². The van der Waals surface area contributed by atoms with Crippen LogP contribution in [0.2, 0.25) is 0 Å². The van der Waals surface area contributed by atoms with Crippen LogP contribution in [0.4, 0.5) is 4.39 Å². The van der Waals surface area contributed by atoms with E-state index in [1.807, 2.05) is 0 Å². The second kappa shape index (κ2) is 6.14. The van der Waals surface area contributed by atoms with E-state index in [-0.39, 0.29) is 5.82 Å². The molecule has 19 heavy (non-hydrogen) atoms. The van der Waals surface area contributed by atoms with E-state index < -0.39 is 0 Å². The van der Waals surface area contributed by atoms with Crippen LogP contribution < -0.4 is 0 Å². The molecular weight excluding hydrogens is 241 g/mol. The molecule has 0 saturated carbocycles. The molecule has 2 rings (SSSR count). The number of likely N-dealkylation sites (N-methyl/N-ethyl adjacent to an activating group) is 1. The largest absolute Gasteiger partial charge is 0.301 e. The first-order valence-electron chi connectivity index (χ1n) is 6.75. The Bertz CT molecular complexity index is 481. The van der Waals surface area contributed by atoms with Crippen LogP contribution in [0.15, 0.2) is 18.2 Å². The van der Waals surface area contributed by atoms with Crippen LogP contribution in [0, 0.1) is 17.1 Å². The third-order valence-electron chi connectivity index (χ3n) is 3.91. The summed E-state index contributed by atoms with van der Waals surface area (Å²) in [6, 6.07) is 7.09. The SMILES string of the molecule is CCC1CN(Cc2cc(F)ccc2C#N)CCN1C. The van der Waals surface area contributed by atoms with Gasteiger partial charge in [-0.05, 0) is 37.2 Å². The second-order valence-electron chi connectivity index (χ2n) is 5.19. The van der Waals surface area contributed by atoms with Crippen LogP contribution in [0.3, 0.4) is 0 Å². The normalized spacial score (nSPS) is 21.3. The molecule has 0 bridgehead atoms. The quantitative estimate of drug-likeness (QED) is 0.836. The summed E-state index contributed by atoms with van der Waals surface area (Å²) in [7, 11) is 2.15. The molecule has 1 heterocycles. The van der Waals surface area contributed by atoms with Gasteiger partial charge in [0, 0.05) is 32.2 Å². The van der Waals surface area contributed by atoms with Crippen molar-refractivity contribution >= 4 is 0 Å². The zero-order chi connectivity index (χ0) is 13.8. The van der Waals surface area contributed by atoms with Crippen molar-refractivity contribution in [1.82, 2.24) is 9.80 Å². The van der Waals surface area contributed by atoms with Crippen LogP contribution in [0.25, 0.3) is 0 Å². The maximum atomic E-state index is 13.3. The van der Waals surface area contributed by atoms with Crippen molar-refractivity contribution in [3.8, 4) is 6.07 Å². The van der Waals surface area contributed by atoms with E-state index in [0.717, 1.165) is 31.6 Å². The summed E-state index contributed by atoms with van der Waals surface area (Å²) >= 11 is 0. The van der Waals surface area contributed by atoms with E-state index >= 15 is 0 Å². The minimum atomic E-state index is -0.268. The number of halogens is 1. The standard InChI is InChI=1S/C15H20FN3/c1-3-15-11-19(7-6-18(15)2)10-13-8-14(16)5-4-12(13)9-17/h4-5,8,15H,3,6-7,10-11H2,1-2H3. The molecule has 0 radical (unpaired) electrons. The van der Waals surface area contributed by atoms with Crippen molar-refractivity contribution in [1.29, 1.82) is 5.26 Å². The highest BCUT2D eigenvalue weighted by molar-refractivity contribution is 5.37. The molecule has 1 fully saturated rings. The molecule has 102 valence electrons. The average molecular weight is 261 g/mol. The molecule has 0 N–H and O–H groups in total. The Morgan fingerprint density at radius 2 is 2.21 bits per heavy atom. The molecule has 0 spiro atoms. The number of piperazine rings is 1. The van der Waals surface area contributed by atoms with Gasteiger partial charge < -0.3 is 4.90 Å². The second-order valence-corrected chi connectivity index (χ2v) is 5.19. The van der Waals surface area contributed by atoms with E-state index in [0.29, 0.717) is 18.2 Å². The summed E-state index contributed by atoms with van der Waals surface area (Å²) in [6.07, 6.45) is 1.11. The Hall–Kier alpha value is -1.44. The summed E-state index contributed by atoms with van der Waals surface area (Å²) in [5.74, 6) is -0.268. The zero-order valence-electron chi connectivity index (χ0n) is 11.6. The third kappa shape index (κ3) is 3.31. The van der Waals surface area contributed by atoms with Crippen molar-refractivity contribution in [2.45, 2.75) is 25.9 Å². The Labute approximate surface area is 114 Å². The summed E-state index contributed by atoms with van der Waals surface area (Å²) in [4.78, 5) is 4.68. The van der Waals surface area contributed by atoms with Crippen LogP contribution in [-0.2, 0) is 6.54 Å². The number of rotatable bonds is 3. The number of nitriles is 1. The van der Waals surface area contributed by atoms with Crippen LogP contribution in [-0.4, -0.2) is 42.5 Å². The first-order chi connectivity index (χ1) is 9.13. The lowest BCUT2D eigenvalue weighted by Gasteiger charge is -2.39. The van der Waals surface area contributed by atoms with Gasteiger partial charge >= 0.3 is 0 Å². The van der Waals surface area contributed by atoms with Gasteiger partial charge in [0.05, 0.1) is 11.6 Å². The molecule has 0 aliphatic carbocycles. The fourth-order valence-electron chi connectivity index (χ4n) is 2.64. The molecule has 1 unspecified atom stereocenters. The van der Waals surface area contributed by atoms with Gasteiger partial charge in [-0.25, -0.2) is 4.39 Å². The number of nitrogens with zero attached hydrogens (tertiary/aromatic N) is 3. The molecule has 1 saturated heterocycles. The Morgan fingerprint density at radius 1 is 1.42 bits per heavy atom. The Kier molecular flexibility index (Phi) is 4.52. The van der Waals surface area contributed by atoms with Crippen LogP contribution in [0.5, 0.6) is 0 Å². The van der Waals surface area contributed by atoms with Crippen molar-refractivity contribution < 1.29 is 4.39 Å². The van der Waals surface area contributed by atoms with Crippen LogP contribution in [0.1, 0.15) is 24.5 Å². The van der Waals surface area contributed by atoms with Crippen LogP contribution >= 0.6 is 0 Å². The number of benzene rings is 1. The van der Waals surface area contributed by atoms with E-state index in [1.165, 1.54) is 12.1 Å². The maximum Gasteiger partial charge on any atom is 0.123 e. The number of hydrogen-bond acceptors (Lipinski definition) is 3. The van der Waals surface area contributed by atoms with Gasteiger partial charge in [-0.15, -0.1) is 0 Å². The minimum absolute atomic E-state index is 0.268. The lowest BCUT2D eigenvalue weighted by atomic mass is 10.1.